The van der Waals surface area contributed by atoms with Gasteiger partial charge < -0.3 is 10.1 Å². The summed E-state index contributed by atoms with van der Waals surface area (Å²) in [5.41, 5.74) is 3.20. The third-order valence-electron chi connectivity index (χ3n) is 4.75. The molecule has 0 radical (unpaired) electrons. The second-order valence-electron chi connectivity index (χ2n) is 7.30. The molecule has 0 aliphatic carbocycles. The highest BCUT2D eigenvalue weighted by atomic mass is 32.2. The summed E-state index contributed by atoms with van der Waals surface area (Å²) in [4.78, 5) is 13.1. The first kappa shape index (κ1) is 22.7. The zero-order chi connectivity index (χ0) is 21.8. The van der Waals surface area contributed by atoms with Gasteiger partial charge in [0.25, 0.3) is 0 Å². The van der Waals surface area contributed by atoms with Crippen LogP contribution in [0.25, 0.3) is 0 Å². The van der Waals surface area contributed by atoms with E-state index < -0.39 is 16.1 Å². The summed E-state index contributed by atoms with van der Waals surface area (Å²) in [6.45, 7) is 7.46. The lowest BCUT2D eigenvalue weighted by atomic mass is 10.1. The quantitative estimate of drug-likeness (QED) is 0.709. The number of hydrogen-bond donors (Lipinski definition) is 1. The highest BCUT2D eigenvalue weighted by Gasteiger charge is 2.32. The van der Waals surface area contributed by atoms with Crippen LogP contribution in [0.3, 0.4) is 0 Å². The van der Waals surface area contributed by atoms with Crippen molar-refractivity contribution < 1.29 is 17.9 Å². The van der Waals surface area contributed by atoms with Crippen LogP contribution in [0.5, 0.6) is 5.75 Å². The average molecular weight is 419 g/mol. The van der Waals surface area contributed by atoms with Crippen LogP contribution in [0.1, 0.15) is 43.0 Å². The topological polar surface area (TPSA) is 75.7 Å². The van der Waals surface area contributed by atoms with Gasteiger partial charge >= 0.3 is 0 Å². The molecule has 0 saturated carbocycles. The van der Waals surface area contributed by atoms with Crippen LogP contribution in [0.2, 0.25) is 0 Å². The van der Waals surface area contributed by atoms with E-state index >= 15 is 0 Å². The van der Waals surface area contributed by atoms with Crippen LogP contribution in [-0.4, -0.2) is 33.7 Å². The first-order valence-corrected chi connectivity index (χ1v) is 11.4. The Balaban J connectivity index is 2.38. The number of carbonyl (C=O) groups is 1. The molecule has 158 valence electrons. The predicted molar refractivity (Wildman–Crippen MR) is 117 cm³/mol. The van der Waals surface area contributed by atoms with Gasteiger partial charge in [0.2, 0.25) is 15.9 Å². The van der Waals surface area contributed by atoms with Gasteiger partial charge in [-0.05, 0) is 56.5 Å². The van der Waals surface area contributed by atoms with Crippen LogP contribution >= 0.6 is 0 Å². The summed E-state index contributed by atoms with van der Waals surface area (Å²) in [6, 6.07) is 11.8. The number of methoxy groups -OCH3 is 1. The second-order valence-corrected chi connectivity index (χ2v) is 9.16. The van der Waals surface area contributed by atoms with E-state index in [-0.39, 0.29) is 11.9 Å². The zero-order valence-electron chi connectivity index (χ0n) is 17.9. The van der Waals surface area contributed by atoms with Crippen molar-refractivity contribution >= 4 is 21.6 Å². The summed E-state index contributed by atoms with van der Waals surface area (Å²) in [5.74, 6) is 0.318. The number of hydrogen-bond acceptors (Lipinski definition) is 4. The van der Waals surface area contributed by atoms with E-state index in [2.05, 4.69) is 5.32 Å². The fourth-order valence-corrected chi connectivity index (χ4v) is 4.75. The molecule has 0 fully saturated rings. The largest absolute Gasteiger partial charge is 0.496 e. The molecule has 29 heavy (non-hydrogen) atoms. The summed E-state index contributed by atoms with van der Waals surface area (Å²) in [7, 11) is -2.10. The summed E-state index contributed by atoms with van der Waals surface area (Å²) in [5, 5.41) is 2.95. The predicted octanol–water partition coefficient (Wildman–Crippen LogP) is 3.73. The van der Waals surface area contributed by atoms with Crippen molar-refractivity contribution in [3.8, 4) is 5.75 Å². The Kier molecular flexibility index (Phi) is 7.30. The van der Waals surface area contributed by atoms with Crippen LogP contribution in [0.15, 0.2) is 42.5 Å². The number of nitrogens with zero attached hydrogens (tertiary/aromatic N) is 1. The fraction of sp³-hybridized carbons (Fsp3) is 0.409. The molecule has 0 heterocycles. The third-order valence-corrected chi connectivity index (χ3v) is 5.93. The Morgan fingerprint density at radius 2 is 1.72 bits per heavy atom. The van der Waals surface area contributed by atoms with Gasteiger partial charge in [0, 0.05) is 5.56 Å². The van der Waals surface area contributed by atoms with Crippen molar-refractivity contribution in [1.29, 1.82) is 0 Å². The average Bonchev–Trinajstić information content (AvgIpc) is 2.63. The first-order chi connectivity index (χ1) is 13.6. The molecule has 1 N–H and O–H groups in total. The molecule has 0 spiro atoms. The number of rotatable bonds is 8. The maximum atomic E-state index is 13.1. The molecule has 0 bridgehead atoms. The van der Waals surface area contributed by atoms with Crippen LogP contribution in [0.4, 0.5) is 5.69 Å². The van der Waals surface area contributed by atoms with Gasteiger partial charge in [-0.15, -0.1) is 0 Å². The third kappa shape index (κ3) is 5.50. The van der Waals surface area contributed by atoms with E-state index in [9.17, 15) is 13.2 Å². The number of para-hydroxylation sites is 1. The van der Waals surface area contributed by atoms with Gasteiger partial charge in [-0.2, -0.15) is 0 Å². The standard InChI is InChI=1S/C22H30N2O4S/c1-7-20(22(25)23-17(4)19-10-8-9-11-21(19)28-5)24(29(6,26)27)18-13-15(2)12-16(3)14-18/h8-14,17,20H,7H2,1-6H3,(H,23,25). The summed E-state index contributed by atoms with van der Waals surface area (Å²) in [6.07, 6.45) is 1.47. The van der Waals surface area contributed by atoms with Crippen LogP contribution in [-0.2, 0) is 14.8 Å². The molecule has 2 aromatic rings. The van der Waals surface area contributed by atoms with Crippen LogP contribution < -0.4 is 14.4 Å². The number of nitrogens with one attached hydrogen (secondary N) is 1. The minimum atomic E-state index is -3.67. The molecular formula is C22H30N2O4S. The molecular weight excluding hydrogens is 388 g/mol. The van der Waals surface area contributed by atoms with Crippen molar-refractivity contribution in [2.75, 3.05) is 17.7 Å². The summed E-state index contributed by atoms with van der Waals surface area (Å²) >= 11 is 0. The zero-order valence-corrected chi connectivity index (χ0v) is 18.7. The Hall–Kier alpha value is -2.54. The van der Waals surface area contributed by atoms with Gasteiger partial charge in [-0.3, -0.25) is 9.10 Å². The van der Waals surface area contributed by atoms with E-state index in [0.717, 1.165) is 22.9 Å². The number of ether oxygens (including phenoxy) is 1. The lowest BCUT2D eigenvalue weighted by Gasteiger charge is -2.31. The smallest absolute Gasteiger partial charge is 0.244 e. The van der Waals surface area contributed by atoms with E-state index in [4.69, 9.17) is 4.74 Å². The lowest BCUT2D eigenvalue weighted by Crippen LogP contribution is -2.49. The SMILES string of the molecule is CCC(C(=O)NC(C)c1ccccc1OC)N(c1cc(C)cc(C)c1)S(C)(=O)=O. The van der Waals surface area contributed by atoms with Gasteiger partial charge in [0.15, 0.2) is 0 Å². The molecule has 0 aromatic heterocycles. The Morgan fingerprint density at radius 1 is 1.14 bits per heavy atom. The van der Waals surface area contributed by atoms with E-state index in [1.54, 1.807) is 26.2 Å². The van der Waals surface area contributed by atoms with Gasteiger partial charge in [0.05, 0.1) is 25.1 Å². The Labute approximate surface area is 173 Å². The number of sulfonamides is 1. The molecule has 1 amide bonds. The van der Waals surface area contributed by atoms with Crippen molar-refractivity contribution in [3.63, 3.8) is 0 Å². The van der Waals surface area contributed by atoms with Crippen molar-refractivity contribution in [3.05, 3.63) is 59.2 Å². The number of aryl methyl sites for hydroxylation is 2. The number of benzene rings is 2. The van der Waals surface area contributed by atoms with Crippen molar-refractivity contribution in [2.24, 2.45) is 0 Å². The molecule has 0 aliphatic rings. The maximum Gasteiger partial charge on any atom is 0.244 e. The molecule has 6 nitrogen and oxygen atoms in total. The molecule has 0 saturated heterocycles. The normalized spacial score (nSPS) is 13.4. The monoisotopic (exact) mass is 418 g/mol. The fourth-order valence-electron chi connectivity index (χ4n) is 3.55. The van der Waals surface area contributed by atoms with Gasteiger partial charge in [-0.1, -0.05) is 31.2 Å². The second kappa shape index (κ2) is 9.31. The van der Waals surface area contributed by atoms with E-state index in [1.807, 2.05) is 51.1 Å². The minimum absolute atomic E-state index is 0.338. The number of amides is 1. The minimum Gasteiger partial charge on any atom is -0.496 e. The first-order valence-electron chi connectivity index (χ1n) is 9.59. The molecule has 2 aromatic carbocycles. The number of anilines is 1. The van der Waals surface area contributed by atoms with Crippen LogP contribution in [0, 0.1) is 13.8 Å². The van der Waals surface area contributed by atoms with Crippen molar-refractivity contribution in [1.82, 2.24) is 5.32 Å². The molecule has 7 heteroatoms. The molecule has 2 unspecified atom stereocenters. The Morgan fingerprint density at radius 3 is 2.24 bits per heavy atom. The van der Waals surface area contributed by atoms with Gasteiger partial charge in [0.1, 0.15) is 11.8 Å². The Bertz CT molecular complexity index is 952. The molecule has 2 atom stereocenters. The van der Waals surface area contributed by atoms with E-state index in [1.165, 1.54) is 4.31 Å². The molecule has 0 aliphatic heterocycles. The summed E-state index contributed by atoms with van der Waals surface area (Å²) < 4.78 is 31.9. The lowest BCUT2D eigenvalue weighted by molar-refractivity contribution is -0.122. The highest BCUT2D eigenvalue weighted by Crippen LogP contribution is 2.27. The van der Waals surface area contributed by atoms with Crippen molar-refractivity contribution in [2.45, 2.75) is 46.2 Å². The van der Waals surface area contributed by atoms with E-state index in [0.29, 0.717) is 17.9 Å². The number of carbonyl (C=O) groups excluding carboxylic acids is 1. The van der Waals surface area contributed by atoms with Gasteiger partial charge in [-0.25, -0.2) is 8.42 Å². The maximum absolute atomic E-state index is 13.1. The highest BCUT2D eigenvalue weighted by molar-refractivity contribution is 7.92. The molecule has 2 rings (SSSR count).